The average Bonchev–Trinajstić information content (AvgIpc) is 3.18. The van der Waals surface area contributed by atoms with Crippen LogP contribution in [-0.4, -0.2) is 142 Å². The van der Waals surface area contributed by atoms with E-state index < -0.39 is 80.7 Å². The van der Waals surface area contributed by atoms with Gasteiger partial charge in [-0.1, -0.05) is 136 Å². The summed E-state index contributed by atoms with van der Waals surface area (Å²) in [7, 11) is 0. The maximum atomic E-state index is 12.8. The van der Waals surface area contributed by atoms with Crippen LogP contribution in [0.15, 0.2) is 0 Å². The second kappa shape index (κ2) is 31.0. The highest BCUT2D eigenvalue weighted by Gasteiger charge is 2.47. The number of aliphatic hydroxyl groups is 7. The van der Waals surface area contributed by atoms with E-state index in [4.69, 9.17) is 28.4 Å². The van der Waals surface area contributed by atoms with E-state index in [-0.39, 0.29) is 25.6 Å². The molecule has 7 N–H and O–H groups in total. The average molecular weight is 795 g/mol. The fraction of sp³-hybridized carbons (Fsp3) is 0.976. The fourth-order valence-corrected chi connectivity index (χ4v) is 6.99. The third-order valence-corrected chi connectivity index (χ3v) is 10.6. The zero-order valence-electron chi connectivity index (χ0n) is 33.9. The van der Waals surface area contributed by atoms with Crippen molar-refractivity contribution in [2.45, 2.75) is 223 Å². The third-order valence-electron chi connectivity index (χ3n) is 10.6. The first-order valence-electron chi connectivity index (χ1n) is 21.6. The Labute approximate surface area is 330 Å². The largest absolute Gasteiger partial charge is 0.457 e. The van der Waals surface area contributed by atoms with Gasteiger partial charge in [-0.05, 0) is 12.8 Å². The summed E-state index contributed by atoms with van der Waals surface area (Å²) in [6.45, 7) is 3.62. The molecule has 0 aliphatic carbocycles. The summed E-state index contributed by atoms with van der Waals surface area (Å²) in [6, 6.07) is 0. The highest BCUT2D eigenvalue weighted by atomic mass is 16.7. The Morgan fingerprint density at radius 2 is 0.964 bits per heavy atom. The number of esters is 1. The number of carbonyl (C=O) groups is 1. The van der Waals surface area contributed by atoms with Crippen LogP contribution in [0, 0.1) is 0 Å². The van der Waals surface area contributed by atoms with E-state index in [9.17, 15) is 40.5 Å². The topological polar surface area (TPSA) is 214 Å². The van der Waals surface area contributed by atoms with Crippen LogP contribution in [0.5, 0.6) is 0 Å². The van der Waals surface area contributed by atoms with E-state index in [1.807, 2.05) is 0 Å². The van der Waals surface area contributed by atoms with Crippen molar-refractivity contribution in [2.24, 2.45) is 0 Å². The summed E-state index contributed by atoms with van der Waals surface area (Å²) in [5.74, 6) is -0.383. The lowest BCUT2D eigenvalue weighted by atomic mass is 9.98. The molecule has 2 aliphatic heterocycles. The van der Waals surface area contributed by atoms with Crippen LogP contribution in [0.25, 0.3) is 0 Å². The van der Waals surface area contributed by atoms with Gasteiger partial charge in [0.2, 0.25) is 0 Å². The first-order valence-corrected chi connectivity index (χ1v) is 21.6. The SMILES string of the molecule is CCCCCCCCCCCCCCCCCOCC(COC1OC(COC2OC(CO)C(O)C(O)C2O)C(O)C(O)C1O)OC(=O)CCCCCCCC. The molecule has 0 aromatic rings. The van der Waals surface area contributed by atoms with E-state index >= 15 is 0 Å². The van der Waals surface area contributed by atoms with E-state index in [1.54, 1.807) is 0 Å². The molecule has 0 spiro atoms. The molecule has 0 bridgehead atoms. The second-order valence-corrected chi connectivity index (χ2v) is 15.5. The summed E-state index contributed by atoms with van der Waals surface area (Å²) in [6.07, 6.45) is 9.27. The van der Waals surface area contributed by atoms with Crippen LogP contribution in [0.4, 0.5) is 0 Å². The molecule has 55 heavy (non-hydrogen) atoms. The minimum Gasteiger partial charge on any atom is -0.457 e. The molecule has 0 aromatic heterocycles. The summed E-state index contributed by atoms with van der Waals surface area (Å²) in [5.41, 5.74) is 0. The molecule has 0 saturated carbocycles. The Kier molecular flexibility index (Phi) is 28.2. The number of aliphatic hydroxyl groups excluding tert-OH is 7. The standard InChI is InChI=1S/C41H78O14/c1-3-5-7-9-11-12-13-14-15-16-17-18-19-21-23-25-50-27-30(53-33(43)24-22-20-10-8-6-4-2)28-51-40-39(49)37(47)35(45)32(55-40)29-52-41-38(48)36(46)34(44)31(26-42)54-41/h30-32,34-42,44-49H,3-29H2,1-2H3. The molecule has 2 fully saturated rings. The Bertz CT molecular complexity index is 927. The number of rotatable bonds is 33. The highest BCUT2D eigenvalue weighted by molar-refractivity contribution is 5.69. The van der Waals surface area contributed by atoms with Gasteiger partial charge < -0.3 is 64.2 Å². The molecule has 2 heterocycles. The molecule has 2 aliphatic rings. The summed E-state index contributed by atoms with van der Waals surface area (Å²) in [5, 5.41) is 71.6. The molecule has 2 rings (SSSR count). The van der Waals surface area contributed by atoms with Crippen LogP contribution in [0.3, 0.4) is 0 Å². The van der Waals surface area contributed by atoms with Gasteiger partial charge in [0.05, 0.1) is 26.4 Å². The lowest BCUT2D eigenvalue weighted by Gasteiger charge is -2.42. The first kappa shape index (κ1) is 50.1. The summed E-state index contributed by atoms with van der Waals surface area (Å²) >= 11 is 0. The van der Waals surface area contributed by atoms with Gasteiger partial charge in [-0.3, -0.25) is 4.79 Å². The van der Waals surface area contributed by atoms with Crippen molar-refractivity contribution in [1.82, 2.24) is 0 Å². The minimum absolute atomic E-state index is 0.0679. The zero-order chi connectivity index (χ0) is 40.3. The Balaban J connectivity index is 1.78. The van der Waals surface area contributed by atoms with Crippen LogP contribution >= 0.6 is 0 Å². The zero-order valence-corrected chi connectivity index (χ0v) is 33.9. The predicted octanol–water partition coefficient (Wildman–Crippen LogP) is 4.18. The van der Waals surface area contributed by atoms with Gasteiger partial charge in [-0.2, -0.15) is 0 Å². The summed E-state index contributed by atoms with van der Waals surface area (Å²) in [4.78, 5) is 12.8. The predicted molar refractivity (Wildman–Crippen MR) is 206 cm³/mol. The fourth-order valence-electron chi connectivity index (χ4n) is 6.99. The van der Waals surface area contributed by atoms with Crippen LogP contribution in [0.2, 0.25) is 0 Å². The van der Waals surface area contributed by atoms with E-state index in [1.165, 1.54) is 83.5 Å². The van der Waals surface area contributed by atoms with Gasteiger partial charge in [0.15, 0.2) is 12.6 Å². The van der Waals surface area contributed by atoms with Crippen molar-refractivity contribution < 1.29 is 69.0 Å². The molecule has 326 valence electrons. The number of carbonyl (C=O) groups excluding carboxylic acids is 1. The lowest BCUT2D eigenvalue weighted by Crippen LogP contribution is -2.61. The van der Waals surface area contributed by atoms with Crippen LogP contribution in [-0.2, 0) is 33.2 Å². The first-order chi connectivity index (χ1) is 26.6. The molecule has 2 saturated heterocycles. The Morgan fingerprint density at radius 1 is 0.527 bits per heavy atom. The third kappa shape index (κ3) is 20.5. The molecule has 11 atom stereocenters. The van der Waals surface area contributed by atoms with Crippen molar-refractivity contribution in [3.8, 4) is 0 Å². The van der Waals surface area contributed by atoms with Crippen molar-refractivity contribution in [2.75, 3.05) is 33.0 Å². The van der Waals surface area contributed by atoms with Crippen molar-refractivity contribution >= 4 is 5.97 Å². The van der Waals surface area contributed by atoms with Crippen molar-refractivity contribution in [3.05, 3.63) is 0 Å². The number of hydrogen-bond donors (Lipinski definition) is 7. The monoisotopic (exact) mass is 795 g/mol. The lowest BCUT2D eigenvalue weighted by molar-refractivity contribution is -0.332. The van der Waals surface area contributed by atoms with Gasteiger partial charge in [0, 0.05) is 13.0 Å². The Hall–Kier alpha value is -1.01. The van der Waals surface area contributed by atoms with Gasteiger partial charge in [-0.15, -0.1) is 0 Å². The Morgan fingerprint density at radius 3 is 1.47 bits per heavy atom. The molecule has 14 nitrogen and oxygen atoms in total. The van der Waals surface area contributed by atoms with Crippen molar-refractivity contribution in [1.29, 1.82) is 0 Å². The number of hydrogen-bond acceptors (Lipinski definition) is 14. The van der Waals surface area contributed by atoms with Gasteiger partial charge >= 0.3 is 5.97 Å². The number of ether oxygens (including phenoxy) is 6. The molecule has 11 unspecified atom stereocenters. The normalized spacial score (nSPS) is 29.0. The quantitative estimate of drug-likeness (QED) is 0.0367. The molecule has 0 amide bonds. The molecule has 0 radical (unpaired) electrons. The van der Waals surface area contributed by atoms with Crippen LogP contribution in [0.1, 0.15) is 155 Å². The maximum Gasteiger partial charge on any atom is 0.306 e. The smallest absolute Gasteiger partial charge is 0.306 e. The highest BCUT2D eigenvalue weighted by Crippen LogP contribution is 2.26. The van der Waals surface area contributed by atoms with Gasteiger partial charge in [0.25, 0.3) is 0 Å². The molecular formula is C41H78O14. The van der Waals surface area contributed by atoms with E-state index in [2.05, 4.69) is 13.8 Å². The second-order valence-electron chi connectivity index (χ2n) is 15.5. The molecule has 14 heteroatoms. The van der Waals surface area contributed by atoms with Crippen molar-refractivity contribution in [3.63, 3.8) is 0 Å². The number of unbranched alkanes of at least 4 members (excludes halogenated alkanes) is 19. The van der Waals surface area contributed by atoms with E-state index in [0.717, 1.165) is 44.9 Å². The molecular weight excluding hydrogens is 716 g/mol. The maximum absolute atomic E-state index is 12.8. The molecule has 0 aromatic carbocycles. The minimum atomic E-state index is -1.70. The van der Waals surface area contributed by atoms with Gasteiger partial charge in [0.1, 0.15) is 54.9 Å². The van der Waals surface area contributed by atoms with Crippen LogP contribution < -0.4 is 0 Å². The summed E-state index contributed by atoms with van der Waals surface area (Å²) < 4.78 is 34.0. The van der Waals surface area contributed by atoms with E-state index in [0.29, 0.717) is 13.0 Å². The van der Waals surface area contributed by atoms with Gasteiger partial charge in [-0.25, -0.2) is 0 Å².